The smallest absolute Gasteiger partial charge is 0.303 e. The van der Waals surface area contributed by atoms with E-state index < -0.39 is 5.97 Å². The fraction of sp³-hybridized carbons (Fsp3) is 0.207. The Balaban J connectivity index is 1.64. The van der Waals surface area contributed by atoms with Gasteiger partial charge in [0.15, 0.2) is 0 Å². The first-order valence-electron chi connectivity index (χ1n) is 11.3. The summed E-state index contributed by atoms with van der Waals surface area (Å²) in [6.45, 7) is 2.77. The van der Waals surface area contributed by atoms with Crippen molar-refractivity contribution in [2.45, 2.75) is 32.4 Å². The Morgan fingerprint density at radius 2 is 1.85 bits per heavy atom. The second-order valence-corrected chi connectivity index (χ2v) is 8.44. The normalized spacial score (nSPS) is 12.0. The van der Waals surface area contributed by atoms with Gasteiger partial charge < -0.3 is 15.2 Å². The highest BCUT2D eigenvalue weighted by atomic mass is 19.1. The van der Waals surface area contributed by atoms with Crippen molar-refractivity contribution in [2.75, 3.05) is 7.11 Å². The van der Waals surface area contributed by atoms with Crippen molar-refractivity contribution in [2.24, 2.45) is 0 Å². The zero-order valence-electron chi connectivity index (χ0n) is 19.3. The van der Waals surface area contributed by atoms with Gasteiger partial charge in [-0.2, -0.15) is 0 Å². The fourth-order valence-corrected chi connectivity index (χ4v) is 4.19. The molecule has 4 aromatic carbocycles. The third-order valence-corrected chi connectivity index (χ3v) is 6.09. The van der Waals surface area contributed by atoms with Crippen LogP contribution >= 0.6 is 0 Å². The molecular weight excluding hydrogens is 429 g/mol. The molecule has 0 spiro atoms. The van der Waals surface area contributed by atoms with Crippen molar-refractivity contribution in [1.82, 2.24) is 5.32 Å². The van der Waals surface area contributed by atoms with E-state index in [1.807, 2.05) is 30.3 Å². The van der Waals surface area contributed by atoms with Crippen LogP contribution in [-0.4, -0.2) is 18.2 Å². The molecule has 0 aliphatic heterocycles. The van der Waals surface area contributed by atoms with E-state index in [0.717, 1.165) is 38.8 Å². The first-order chi connectivity index (χ1) is 16.4. The minimum atomic E-state index is -0.937. The Kier molecular flexibility index (Phi) is 7.24. The number of rotatable bonds is 9. The highest BCUT2D eigenvalue weighted by molar-refractivity contribution is 5.97. The van der Waals surface area contributed by atoms with Crippen molar-refractivity contribution >= 4 is 16.7 Å². The van der Waals surface area contributed by atoms with Gasteiger partial charge in [-0.15, -0.1) is 0 Å². The Morgan fingerprint density at radius 3 is 2.65 bits per heavy atom. The van der Waals surface area contributed by atoms with E-state index in [4.69, 9.17) is 9.84 Å². The number of fused-ring (bicyclic) bond motifs is 1. The number of methoxy groups -OCH3 is 1. The van der Waals surface area contributed by atoms with Gasteiger partial charge in [0.05, 0.1) is 7.11 Å². The van der Waals surface area contributed by atoms with Crippen molar-refractivity contribution in [3.63, 3.8) is 0 Å². The average molecular weight is 458 g/mol. The summed E-state index contributed by atoms with van der Waals surface area (Å²) >= 11 is 0. The van der Waals surface area contributed by atoms with Crippen LogP contribution < -0.4 is 10.1 Å². The van der Waals surface area contributed by atoms with Crippen LogP contribution in [-0.2, 0) is 17.8 Å². The average Bonchev–Trinajstić information content (AvgIpc) is 2.86. The van der Waals surface area contributed by atoms with Gasteiger partial charge in [0.2, 0.25) is 0 Å². The largest absolute Gasteiger partial charge is 0.497 e. The van der Waals surface area contributed by atoms with Gasteiger partial charge in [-0.05, 0) is 88.3 Å². The van der Waals surface area contributed by atoms with E-state index in [1.165, 1.54) is 6.07 Å². The summed E-state index contributed by atoms with van der Waals surface area (Å²) < 4.78 is 19.7. The number of carboxylic acids is 1. The van der Waals surface area contributed by atoms with Crippen LogP contribution in [0, 0.1) is 5.82 Å². The van der Waals surface area contributed by atoms with E-state index in [1.54, 1.807) is 19.2 Å². The van der Waals surface area contributed by atoms with Gasteiger partial charge in [0.25, 0.3) is 0 Å². The third kappa shape index (κ3) is 5.43. The molecule has 0 amide bonds. The molecule has 5 heteroatoms. The van der Waals surface area contributed by atoms with Gasteiger partial charge in [-0.3, -0.25) is 4.79 Å². The van der Waals surface area contributed by atoms with Crippen molar-refractivity contribution in [3.05, 3.63) is 101 Å². The first-order valence-corrected chi connectivity index (χ1v) is 11.3. The van der Waals surface area contributed by atoms with Gasteiger partial charge in [-0.25, -0.2) is 4.39 Å². The molecule has 1 unspecified atom stereocenters. The van der Waals surface area contributed by atoms with Gasteiger partial charge in [0, 0.05) is 19.0 Å². The predicted octanol–water partition coefficient (Wildman–Crippen LogP) is 6.52. The summed E-state index contributed by atoms with van der Waals surface area (Å²) in [5.74, 6) is -0.484. The minimum Gasteiger partial charge on any atom is -0.497 e. The summed E-state index contributed by atoms with van der Waals surface area (Å²) in [5.41, 5.74) is 4.54. The lowest BCUT2D eigenvalue weighted by Crippen LogP contribution is -2.18. The van der Waals surface area contributed by atoms with Crippen molar-refractivity contribution in [1.29, 1.82) is 0 Å². The molecule has 0 heterocycles. The highest BCUT2D eigenvalue weighted by Gasteiger charge is 2.12. The number of ether oxygens (including phenoxy) is 1. The number of carboxylic acid groups (broad SMARTS) is 1. The summed E-state index contributed by atoms with van der Waals surface area (Å²) in [7, 11) is 1.66. The highest BCUT2D eigenvalue weighted by Crippen LogP contribution is 2.32. The molecule has 0 saturated heterocycles. The maximum absolute atomic E-state index is 14.3. The molecule has 0 aromatic heterocycles. The number of hydrogen-bond donors (Lipinski definition) is 2. The maximum atomic E-state index is 14.3. The Labute approximate surface area is 199 Å². The summed E-state index contributed by atoms with van der Waals surface area (Å²) in [6.07, 6.45) is 0.0550. The number of halogens is 1. The number of benzene rings is 4. The van der Waals surface area contributed by atoms with Crippen molar-refractivity contribution < 1.29 is 19.0 Å². The molecule has 34 heavy (non-hydrogen) atoms. The van der Waals surface area contributed by atoms with Crippen LogP contribution in [0.15, 0.2) is 78.9 Å². The Bertz CT molecular complexity index is 1320. The first kappa shape index (κ1) is 23.5. The second-order valence-electron chi connectivity index (χ2n) is 8.44. The molecule has 4 nitrogen and oxygen atoms in total. The Morgan fingerprint density at radius 1 is 1.03 bits per heavy atom. The molecule has 0 fully saturated rings. The molecule has 0 radical (unpaired) electrons. The van der Waals surface area contributed by atoms with Crippen LogP contribution in [0.2, 0.25) is 0 Å². The van der Waals surface area contributed by atoms with Crippen LogP contribution in [0.4, 0.5) is 4.39 Å². The zero-order valence-corrected chi connectivity index (χ0v) is 19.3. The zero-order chi connectivity index (χ0) is 24.1. The second kappa shape index (κ2) is 10.5. The molecule has 2 N–H and O–H groups in total. The van der Waals surface area contributed by atoms with E-state index in [0.29, 0.717) is 12.1 Å². The molecule has 4 rings (SSSR count). The number of aryl methyl sites for hydroxylation is 1. The lowest BCUT2D eigenvalue weighted by Gasteiger charge is -2.17. The lowest BCUT2D eigenvalue weighted by molar-refractivity contribution is -0.136. The van der Waals surface area contributed by atoms with Crippen LogP contribution in [0.25, 0.3) is 21.9 Å². The predicted molar refractivity (Wildman–Crippen MR) is 134 cm³/mol. The SMILES string of the molecule is COc1cccc(C(C)NCc2cc(-c3ccc(F)c(CCC(=O)O)c3)c3ccccc3c2)c1. The van der Waals surface area contributed by atoms with Crippen LogP contribution in [0.3, 0.4) is 0 Å². The van der Waals surface area contributed by atoms with Crippen LogP contribution in [0.1, 0.15) is 36.1 Å². The third-order valence-electron chi connectivity index (χ3n) is 6.09. The van der Waals surface area contributed by atoms with Crippen molar-refractivity contribution in [3.8, 4) is 16.9 Å². The van der Waals surface area contributed by atoms with E-state index in [-0.39, 0.29) is 24.7 Å². The summed E-state index contributed by atoms with van der Waals surface area (Å²) in [6, 6.07) is 25.5. The molecule has 0 saturated carbocycles. The minimum absolute atomic E-state index is 0.104. The summed E-state index contributed by atoms with van der Waals surface area (Å²) in [4.78, 5) is 11.0. The monoisotopic (exact) mass is 457 g/mol. The molecule has 174 valence electrons. The number of hydrogen-bond acceptors (Lipinski definition) is 3. The standard InChI is InChI=1S/C29H28FNO3/c1-19(21-7-5-8-25(17-21)34-2)31-18-20-14-22-6-3-4-9-26(22)27(15-20)23-10-12-28(30)24(16-23)11-13-29(32)33/h3-10,12,14-17,19,31H,11,13,18H2,1-2H3,(H,32,33). The number of nitrogens with one attached hydrogen (secondary N) is 1. The van der Waals surface area contributed by atoms with Gasteiger partial charge >= 0.3 is 5.97 Å². The topological polar surface area (TPSA) is 58.6 Å². The van der Waals surface area contributed by atoms with Crippen LogP contribution in [0.5, 0.6) is 5.75 Å². The molecule has 0 aliphatic carbocycles. The number of carbonyl (C=O) groups is 1. The van der Waals surface area contributed by atoms with E-state index in [9.17, 15) is 9.18 Å². The molecule has 1 atom stereocenters. The molecular formula is C29H28FNO3. The van der Waals surface area contributed by atoms with E-state index in [2.05, 4.69) is 42.6 Å². The van der Waals surface area contributed by atoms with Gasteiger partial charge in [0.1, 0.15) is 11.6 Å². The fourth-order valence-electron chi connectivity index (χ4n) is 4.19. The quantitative estimate of drug-likeness (QED) is 0.300. The molecule has 4 aromatic rings. The Hall–Kier alpha value is -3.70. The number of aliphatic carboxylic acids is 1. The molecule has 0 aliphatic rings. The summed E-state index contributed by atoms with van der Waals surface area (Å²) in [5, 5.41) is 14.8. The maximum Gasteiger partial charge on any atom is 0.303 e. The molecule has 0 bridgehead atoms. The van der Waals surface area contributed by atoms with E-state index >= 15 is 0 Å². The lowest BCUT2D eigenvalue weighted by atomic mass is 9.93. The van der Waals surface area contributed by atoms with Gasteiger partial charge in [-0.1, -0.05) is 42.5 Å².